The molecule has 0 aromatic heterocycles. The van der Waals surface area contributed by atoms with Crippen LogP contribution in [0.3, 0.4) is 0 Å². The number of amides is 2. The van der Waals surface area contributed by atoms with Crippen molar-refractivity contribution in [3.63, 3.8) is 0 Å². The minimum absolute atomic E-state index is 0.0140. The smallest absolute Gasteiger partial charge is 0.251 e. The Bertz CT molecular complexity index is 542. The van der Waals surface area contributed by atoms with Crippen LogP contribution in [0.15, 0.2) is 18.2 Å². The number of anilines is 1. The van der Waals surface area contributed by atoms with Crippen LogP contribution in [0.2, 0.25) is 0 Å². The molecule has 1 aliphatic rings. The molecule has 0 aliphatic heterocycles. The Morgan fingerprint density at radius 1 is 1.33 bits per heavy atom. The lowest BCUT2D eigenvalue weighted by atomic mass is 9.95. The van der Waals surface area contributed by atoms with Crippen molar-refractivity contribution in [1.29, 1.82) is 0 Å². The lowest BCUT2D eigenvalue weighted by Gasteiger charge is -2.19. The zero-order valence-corrected chi connectivity index (χ0v) is 12.6. The molecular weight excluding hydrogens is 266 g/mol. The molecule has 2 rings (SSSR count). The van der Waals surface area contributed by atoms with E-state index >= 15 is 0 Å². The van der Waals surface area contributed by atoms with Crippen LogP contribution in [-0.2, 0) is 4.79 Å². The number of benzene rings is 1. The normalized spacial score (nSPS) is 21.1. The summed E-state index contributed by atoms with van der Waals surface area (Å²) in [6.45, 7) is 2.39. The van der Waals surface area contributed by atoms with Crippen molar-refractivity contribution < 1.29 is 9.59 Å². The van der Waals surface area contributed by atoms with Gasteiger partial charge in [0.2, 0.25) is 5.91 Å². The van der Waals surface area contributed by atoms with Gasteiger partial charge < -0.3 is 16.4 Å². The van der Waals surface area contributed by atoms with Gasteiger partial charge in [0.15, 0.2) is 0 Å². The molecule has 114 valence electrons. The molecule has 1 fully saturated rings. The summed E-state index contributed by atoms with van der Waals surface area (Å²) in [6, 6.07) is 5.36. The minimum atomic E-state index is -0.149. The molecule has 0 heterocycles. The molecule has 0 bridgehead atoms. The number of hydrogen-bond acceptors (Lipinski definition) is 3. The first-order valence-corrected chi connectivity index (χ1v) is 7.41. The highest BCUT2D eigenvalue weighted by Crippen LogP contribution is 2.32. The summed E-state index contributed by atoms with van der Waals surface area (Å²) in [5.41, 5.74) is 7.80. The monoisotopic (exact) mass is 289 g/mol. The molecule has 2 atom stereocenters. The van der Waals surface area contributed by atoms with E-state index in [9.17, 15) is 9.59 Å². The number of hydrogen-bond donors (Lipinski definition) is 3. The summed E-state index contributed by atoms with van der Waals surface area (Å²) < 4.78 is 0. The van der Waals surface area contributed by atoms with Crippen LogP contribution in [0.1, 0.15) is 35.2 Å². The summed E-state index contributed by atoms with van der Waals surface area (Å²) >= 11 is 0. The summed E-state index contributed by atoms with van der Waals surface area (Å²) in [5.74, 6) is 0.120. The first kappa shape index (κ1) is 15.5. The number of carbonyl (C=O) groups excluding carboxylic acids is 2. The van der Waals surface area contributed by atoms with E-state index in [1.807, 2.05) is 13.0 Å². The van der Waals surface area contributed by atoms with E-state index < -0.39 is 0 Å². The summed E-state index contributed by atoms with van der Waals surface area (Å²) in [5, 5.41) is 5.57. The first-order chi connectivity index (χ1) is 10.1. The van der Waals surface area contributed by atoms with Crippen LogP contribution >= 0.6 is 0 Å². The second-order valence-electron chi connectivity index (χ2n) is 5.58. The average Bonchev–Trinajstić information content (AvgIpc) is 2.97. The van der Waals surface area contributed by atoms with Gasteiger partial charge in [0, 0.05) is 24.2 Å². The molecule has 1 saturated carbocycles. The Morgan fingerprint density at radius 3 is 2.76 bits per heavy atom. The molecule has 1 aromatic carbocycles. The Labute approximate surface area is 125 Å². The second-order valence-corrected chi connectivity index (χ2v) is 5.58. The molecule has 2 amide bonds. The van der Waals surface area contributed by atoms with E-state index in [1.54, 1.807) is 19.2 Å². The first-order valence-electron chi connectivity index (χ1n) is 7.41. The molecule has 5 nitrogen and oxygen atoms in total. The standard InChI is InChI=1S/C16H23N3O2/c1-10-12(15(20)18-2)6-4-8-14(10)19-16(21)13-7-3-5-11(13)9-17/h4,6,8,11,13H,3,5,7,9,17H2,1-2H3,(H,18,20)(H,19,21). The van der Waals surface area contributed by atoms with Gasteiger partial charge in [-0.25, -0.2) is 0 Å². The van der Waals surface area contributed by atoms with Gasteiger partial charge in [0.05, 0.1) is 0 Å². The predicted octanol–water partition coefficient (Wildman–Crippen LogP) is 1.67. The molecule has 1 aliphatic carbocycles. The zero-order chi connectivity index (χ0) is 15.4. The van der Waals surface area contributed by atoms with Crippen LogP contribution in [-0.4, -0.2) is 25.4 Å². The van der Waals surface area contributed by atoms with Crippen LogP contribution < -0.4 is 16.4 Å². The van der Waals surface area contributed by atoms with Gasteiger partial charge in [0.1, 0.15) is 0 Å². The quantitative estimate of drug-likeness (QED) is 0.788. The van der Waals surface area contributed by atoms with Crippen LogP contribution in [0, 0.1) is 18.8 Å². The van der Waals surface area contributed by atoms with Crippen molar-refractivity contribution in [3.05, 3.63) is 29.3 Å². The highest BCUT2D eigenvalue weighted by Gasteiger charge is 2.32. The van der Waals surface area contributed by atoms with E-state index in [4.69, 9.17) is 5.73 Å². The number of rotatable bonds is 4. The fourth-order valence-corrected chi connectivity index (χ4v) is 3.04. The van der Waals surface area contributed by atoms with Gasteiger partial charge >= 0.3 is 0 Å². The molecule has 1 aromatic rings. The summed E-state index contributed by atoms with van der Waals surface area (Å²) in [6.07, 6.45) is 2.96. The van der Waals surface area contributed by atoms with Crippen molar-refractivity contribution in [1.82, 2.24) is 5.32 Å². The minimum Gasteiger partial charge on any atom is -0.355 e. The molecule has 0 spiro atoms. The molecule has 5 heteroatoms. The van der Waals surface area contributed by atoms with E-state index in [-0.39, 0.29) is 23.7 Å². The zero-order valence-electron chi connectivity index (χ0n) is 12.6. The van der Waals surface area contributed by atoms with Crippen molar-refractivity contribution >= 4 is 17.5 Å². The van der Waals surface area contributed by atoms with Crippen LogP contribution in [0.25, 0.3) is 0 Å². The summed E-state index contributed by atoms with van der Waals surface area (Å²) in [7, 11) is 1.59. The maximum absolute atomic E-state index is 12.4. The van der Waals surface area contributed by atoms with E-state index in [1.165, 1.54) is 0 Å². The maximum atomic E-state index is 12.4. The highest BCUT2D eigenvalue weighted by molar-refractivity contribution is 5.99. The fraction of sp³-hybridized carbons (Fsp3) is 0.500. The lowest BCUT2D eigenvalue weighted by Crippen LogP contribution is -2.30. The van der Waals surface area contributed by atoms with Crippen molar-refractivity contribution in [2.24, 2.45) is 17.6 Å². The third-order valence-corrected chi connectivity index (χ3v) is 4.36. The highest BCUT2D eigenvalue weighted by atomic mass is 16.2. The van der Waals surface area contributed by atoms with Crippen molar-refractivity contribution in [2.45, 2.75) is 26.2 Å². The van der Waals surface area contributed by atoms with E-state index in [0.717, 1.165) is 24.8 Å². The SMILES string of the molecule is CNC(=O)c1cccc(NC(=O)C2CCCC2CN)c1C. The van der Waals surface area contributed by atoms with Crippen LogP contribution in [0.5, 0.6) is 0 Å². The Morgan fingerprint density at radius 2 is 2.10 bits per heavy atom. The van der Waals surface area contributed by atoms with Gasteiger partial charge in [-0.3, -0.25) is 9.59 Å². The molecule has 21 heavy (non-hydrogen) atoms. The number of carbonyl (C=O) groups is 2. The largest absolute Gasteiger partial charge is 0.355 e. The van der Waals surface area contributed by atoms with Crippen molar-refractivity contribution in [3.8, 4) is 0 Å². The molecule has 2 unspecified atom stereocenters. The fourth-order valence-electron chi connectivity index (χ4n) is 3.04. The van der Waals surface area contributed by atoms with Gasteiger partial charge in [0.25, 0.3) is 5.91 Å². The van der Waals surface area contributed by atoms with Gasteiger partial charge in [-0.15, -0.1) is 0 Å². The average molecular weight is 289 g/mol. The van der Waals surface area contributed by atoms with Gasteiger partial charge in [-0.2, -0.15) is 0 Å². The van der Waals surface area contributed by atoms with E-state index in [0.29, 0.717) is 17.8 Å². The topological polar surface area (TPSA) is 84.2 Å². The molecule has 0 radical (unpaired) electrons. The maximum Gasteiger partial charge on any atom is 0.251 e. The summed E-state index contributed by atoms with van der Waals surface area (Å²) in [4.78, 5) is 24.2. The van der Waals surface area contributed by atoms with Crippen molar-refractivity contribution in [2.75, 3.05) is 18.9 Å². The Hall–Kier alpha value is -1.88. The second kappa shape index (κ2) is 6.72. The third kappa shape index (κ3) is 3.24. The molecule has 4 N–H and O–H groups in total. The predicted molar refractivity (Wildman–Crippen MR) is 83.1 cm³/mol. The molecular formula is C16H23N3O2. The van der Waals surface area contributed by atoms with Gasteiger partial charge in [-0.05, 0) is 49.9 Å². The Kier molecular flexibility index (Phi) is 4.96. The number of nitrogens with one attached hydrogen (secondary N) is 2. The lowest BCUT2D eigenvalue weighted by molar-refractivity contribution is -0.120. The van der Waals surface area contributed by atoms with E-state index in [2.05, 4.69) is 10.6 Å². The molecule has 0 saturated heterocycles. The number of nitrogens with two attached hydrogens (primary N) is 1. The Balaban J connectivity index is 2.16. The third-order valence-electron chi connectivity index (χ3n) is 4.36. The van der Waals surface area contributed by atoms with Crippen LogP contribution in [0.4, 0.5) is 5.69 Å². The van der Waals surface area contributed by atoms with Gasteiger partial charge in [-0.1, -0.05) is 12.5 Å².